The molecule has 2 rings (SSSR count). The lowest BCUT2D eigenvalue weighted by atomic mass is 10.2. The molecule has 0 radical (unpaired) electrons. The third-order valence-electron chi connectivity index (χ3n) is 2.75. The highest BCUT2D eigenvalue weighted by molar-refractivity contribution is 5.94. The van der Waals surface area contributed by atoms with Gasteiger partial charge in [0.1, 0.15) is 11.8 Å². The van der Waals surface area contributed by atoms with Crippen molar-refractivity contribution in [2.75, 3.05) is 0 Å². The first-order valence-electron chi connectivity index (χ1n) is 6.83. The topological polar surface area (TPSA) is 77.2 Å². The predicted octanol–water partition coefficient (Wildman–Crippen LogP) is 2.66. The molecule has 0 saturated carbocycles. The van der Waals surface area contributed by atoms with E-state index >= 15 is 0 Å². The van der Waals surface area contributed by atoms with Gasteiger partial charge in [0.2, 0.25) is 11.8 Å². The SMILES string of the molecule is Cc1nnc(C(C)NC(=O)c2ccc(OC(C)C)cc2)o1. The monoisotopic (exact) mass is 289 g/mol. The Bertz CT molecular complexity index is 605. The summed E-state index contributed by atoms with van der Waals surface area (Å²) in [5.41, 5.74) is 0.550. The lowest BCUT2D eigenvalue weighted by molar-refractivity contribution is 0.0934. The highest BCUT2D eigenvalue weighted by Gasteiger charge is 2.16. The molecule has 0 saturated heterocycles. The first-order chi connectivity index (χ1) is 9.95. The Kier molecular flexibility index (Phi) is 4.57. The Morgan fingerprint density at radius 2 is 1.86 bits per heavy atom. The van der Waals surface area contributed by atoms with Crippen molar-refractivity contribution in [3.8, 4) is 5.75 Å². The van der Waals surface area contributed by atoms with Gasteiger partial charge in [-0.2, -0.15) is 0 Å². The van der Waals surface area contributed by atoms with Gasteiger partial charge in [0, 0.05) is 12.5 Å². The van der Waals surface area contributed by atoms with Crippen LogP contribution in [0.1, 0.15) is 49.0 Å². The van der Waals surface area contributed by atoms with Gasteiger partial charge >= 0.3 is 0 Å². The fourth-order valence-corrected chi connectivity index (χ4v) is 1.79. The maximum absolute atomic E-state index is 12.1. The minimum Gasteiger partial charge on any atom is -0.491 e. The van der Waals surface area contributed by atoms with Gasteiger partial charge in [-0.3, -0.25) is 4.79 Å². The van der Waals surface area contributed by atoms with Crippen LogP contribution in [-0.2, 0) is 0 Å². The fourth-order valence-electron chi connectivity index (χ4n) is 1.79. The standard InChI is InChI=1S/C15H19N3O3/c1-9(2)20-13-7-5-12(6-8-13)14(19)16-10(3)15-18-17-11(4)21-15/h5-10H,1-4H3,(H,16,19). The van der Waals surface area contributed by atoms with E-state index < -0.39 is 0 Å². The highest BCUT2D eigenvalue weighted by atomic mass is 16.5. The third kappa shape index (κ3) is 4.05. The van der Waals surface area contributed by atoms with Gasteiger partial charge < -0.3 is 14.5 Å². The second kappa shape index (κ2) is 6.39. The van der Waals surface area contributed by atoms with Crippen molar-refractivity contribution < 1.29 is 13.9 Å². The van der Waals surface area contributed by atoms with E-state index in [0.29, 0.717) is 17.3 Å². The maximum atomic E-state index is 12.1. The molecule has 0 aliphatic heterocycles. The number of aromatic nitrogens is 2. The molecular weight excluding hydrogens is 270 g/mol. The summed E-state index contributed by atoms with van der Waals surface area (Å²) in [6, 6.07) is 6.65. The summed E-state index contributed by atoms with van der Waals surface area (Å²) >= 11 is 0. The lowest BCUT2D eigenvalue weighted by Crippen LogP contribution is -2.26. The molecule has 6 heteroatoms. The van der Waals surface area contributed by atoms with Crippen LogP contribution in [0.2, 0.25) is 0 Å². The molecule has 1 atom stereocenters. The number of amides is 1. The third-order valence-corrected chi connectivity index (χ3v) is 2.75. The molecule has 2 aromatic rings. The highest BCUT2D eigenvalue weighted by Crippen LogP contribution is 2.15. The summed E-state index contributed by atoms with van der Waals surface area (Å²) in [5.74, 6) is 1.40. The van der Waals surface area contributed by atoms with Crippen LogP contribution in [0.25, 0.3) is 0 Å². The van der Waals surface area contributed by atoms with E-state index in [2.05, 4.69) is 15.5 Å². The largest absolute Gasteiger partial charge is 0.491 e. The number of hydrogen-bond acceptors (Lipinski definition) is 5. The molecule has 1 amide bonds. The van der Waals surface area contributed by atoms with E-state index in [1.807, 2.05) is 13.8 Å². The Morgan fingerprint density at radius 3 is 2.38 bits per heavy atom. The van der Waals surface area contributed by atoms with Gasteiger partial charge in [-0.1, -0.05) is 0 Å². The zero-order chi connectivity index (χ0) is 15.4. The van der Waals surface area contributed by atoms with Crippen molar-refractivity contribution in [3.63, 3.8) is 0 Å². The van der Waals surface area contributed by atoms with Crippen molar-refractivity contribution in [2.45, 2.75) is 39.8 Å². The molecule has 6 nitrogen and oxygen atoms in total. The zero-order valence-corrected chi connectivity index (χ0v) is 12.6. The number of aryl methyl sites for hydroxylation is 1. The lowest BCUT2D eigenvalue weighted by Gasteiger charge is -2.12. The van der Waals surface area contributed by atoms with Crippen LogP contribution in [-0.4, -0.2) is 22.2 Å². The normalized spacial score (nSPS) is 12.2. The van der Waals surface area contributed by atoms with Crippen LogP contribution < -0.4 is 10.1 Å². The van der Waals surface area contributed by atoms with E-state index in [4.69, 9.17) is 9.15 Å². The summed E-state index contributed by atoms with van der Waals surface area (Å²) in [5, 5.41) is 10.4. The second-order valence-corrected chi connectivity index (χ2v) is 5.05. The van der Waals surface area contributed by atoms with Crippen LogP contribution in [0.3, 0.4) is 0 Å². The van der Waals surface area contributed by atoms with Gasteiger partial charge in [-0.15, -0.1) is 10.2 Å². The smallest absolute Gasteiger partial charge is 0.251 e. The summed E-state index contributed by atoms with van der Waals surface area (Å²) in [6.45, 7) is 7.41. The van der Waals surface area contributed by atoms with E-state index in [1.54, 1.807) is 38.1 Å². The van der Waals surface area contributed by atoms with E-state index in [0.717, 1.165) is 5.75 Å². The molecule has 0 spiro atoms. The number of ether oxygens (including phenoxy) is 1. The van der Waals surface area contributed by atoms with Crippen LogP contribution in [0, 0.1) is 6.92 Å². The van der Waals surface area contributed by atoms with Crippen molar-refractivity contribution in [2.24, 2.45) is 0 Å². The number of benzene rings is 1. The van der Waals surface area contributed by atoms with Gasteiger partial charge in [-0.05, 0) is 45.0 Å². The molecule has 112 valence electrons. The quantitative estimate of drug-likeness (QED) is 0.915. The summed E-state index contributed by atoms with van der Waals surface area (Å²) in [6.07, 6.45) is 0.102. The first kappa shape index (κ1) is 15.0. The minimum atomic E-state index is -0.342. The zero-order valence-electron chi connectivity index (χ0n) is 12.6. The summed E-state index contributed by atoms with van der Waals surface area (Å²) < 4.78 is 10.8. The molecule has 1 aromatic carbocycles. The van der Waals surface area contributed by atoms with Crippen LogP contribution >= 0.6 is 0 Å². The fraction of sp³-hybridized carbons (Fsp3) is 0.400. The number of hydrogen-bond donors (Lipinski definition) is 1. The number of rotatable bonds is 5. The van der Waals surface area contributed by atoms with Crippen molar-refractivity contribution >= 4 is 5.91 Å². The molecule has 1 unspecified atom stereocenters. The molecule has 0 bridgehead atoms. The van der Waals surface area contributed by atoms with Crippen LogP contribution in [0.4, 0.5) is 0 Å². The number of nitrogens with one attached hydrogen (secondary N) is 1. The van der Waals surface area contributed by atoms with E-state index in [9.17, 15) is 4.79 Å². The number of carbonyl (C=O) groups excluding carboxylic acids is 1. The van der Waals surface area contributed by atoms with Crippen LogP contribution in [0.15, 0.2) is 28.7 Å². The first-order valence-corrected chi connectivity index (χ1v) is 6.83. The number of carbonyl (C=O) groups is 1. The van der Waals surface area contributed by atoms with Crippen molar-refractivity contribution in [1.29, 1.82) is 0 Å². The van der Waals surface area contributed by atoms with Gasteiger partial charge in [-0.25, -0.2) is 0 Å². The Balaban J connectivity index is 1.99. The molecule has 0 aliphatic rings. The molecule has 0 aliphatic carbocycles. The van der Waals surface area contributed by atoms with E-state index in [1.165, 1.54) is 0 Å². The molecule has 1 aromatic heterocycles. The van der Waals surface area contributed by atoms with Gasteiger partial charge in [0.15, 0.2) is 0 Å². The average molecular weight is 289 g/mol. The second-order valence-electron chi connectivity index (χ2n) is 5.05. The Labute approximate surface area is 123 Å². The van der Waals surface area contributed by atoms with Crippen molar-refractivity contribution in [3.05, 3.63) is 41.6 Å². The molecule has 1 heterocycles. The van der Waals surface area contributed by atoms with Crippen LogP contribution in [0.5, 0.6) is 5.75 Å². The summed E-state index contributed by atoms with van der Waals surface area (Å²) in [7, 11) is 0. The molecular formula is C15H19N3O3. The Morgan fingerprint density at radius 1 is 1.19 bits per heavy atom. The summed E-state index contributed by atoms with van der Waals surface area (Å²) in [4.78, 5) is 12.1. The van der Waals surface area contributed by atoms with E-state index in [-0.39, 0.29) is 18.1 Å². The average Bonchev–Trinajstić information content (AvgIpc) is 2.85. The predicted molar refractivity (Wildman–Crippen MR) is 77.1 cm³/mol. The Hall–Kier alpha value is -2.37. The molecule has 0 fully saturated rings. The maximum Gasteiger partial charge on any atom is 0.251 e. The van der Waals surface area contributed by atoms with Crippen molar-refractivity contribution in [1.82, 2.24) is 15.5 Å². The molecule has 21 heavy (non-hydrogen) atoms. The molecule has 1 N–H and O–H groups in total. The van der Waals surface area contributed by atoms with Gasteiger partial charge in [0.05, 0.1) is 6.10 Å². The number of nitrogens with zero attached hydrogens (tertiary/aromatic N) is 2. The minimum absolute atomic E-state index is 0.102. The van der Waals surface area contributed by atoms with Gasteiger partial charge in [0.25, 0.3) is 5.91 Å².